The maximum atomic E-state index is 12.2. The van der Waals surface area contributed by atoms with E-state index in [9.17, 15) is 14.9 Å². The van der Waals surface area contributed by atoms with E-state index in [1.165, 1.54) is 31.4 Å². The molecule has 0 bridgehead atoms. The molecule has 9 heteroatoms. The van der Waals surface area contributed by atoms with Crippen LogP contribution in [0.5, 0.6) is 11.5 Å². The number of hydrogen-bond acceptors (Lipinski definition) is 7. The summed E-state index contributed by atoms with van der Waals surface area (Å²) in [7, 11) is 1.48. The van der Waals surface area contributed by atoms with Crippen molar-refractivity contribution in [1.29, 1.82) is 0 Å². The molecule has 0 aromatic heterocycles. The summed E-state index contributed by atoms with van der Waals surface area (Å²) in [6.45, 7) is 2.24. The molecule has 1 aliphatic rings. The van der Waals surface area contributed by atoms with Crippen LogP contribution in [-0.2, 0) is 9.53 Å². The first-order valence-electron chi connectivity index (χ1n) is 8.20. The number of rotatable bonds is 6. The number of nitrogens with zero attached hydrogens (tertiary/aromatic N) is 2. The topological polar surface area (TPSA) is 100 Å². The number of benzene rings is 2. The number of ether oxygens (including phenoxy) is 3. The molecule has 8 nitrogen and oxygen atoms in total. The number of aliphatic imine (C=N–C) groups is 1. The number of carbonyl (C=O) groups excluding carboxylic acids is 1. The number of methoxy groups -OCH3 is 1. The Kier molecular flexibility index (Phi) is 5.60. The molecule has 0 radical (unpaired) electrons. The molecule has 28 heavy (non-hydrogen) atoms. The SMILES string of the molecule is CCOc1c(Cl)cc(/C=C2\N=C(c3cccc([N+](=O)[O-])c3)OC2=O)cc1OC. The third kappa shape index (κ3) is 3.96. The van der Waals surface area contributed by atoms with Gasteiger partial charge in [-0.3, -0.25) is 10.1 Å². The van der Waals surface area contributed by atoms with Crippen LogP contribution < -0.4 is 9.47 Å². The van der Waals surface area contributed by atoms with Gasteiger partial charge in [0.15, 0.2) is 17.2 Å². The predicted molar refractivity (Wildman–Crippen MR) is 103 cm³/mol. The van der Waals surface area contributed by atoms with Crippen LogP contribution in [0.1, 0.15) is 18.1 Å². The molecular formula is C19H15ClN2O6. The number of nitro groups is 1. The maximum Gasteiger partial charge on any atom is 0.363 e. The number of halogens is 1. The smallest absolute Gasteiger partial charge is 0.363 e. The van der Waals surface area contributed by atoms with E-state index >= 15 is 0 Å². The van der Waals surface area contributed by atoms with Crippen molar-refractivity contribution >= 4 is 35.2 Å². The van der Waals surface area contributed by atoms with Crippen molar-refractivity contribution in [3.05, 3.63) is 68.4 Å². The zero-order valence-electron chi connectivity index (χ0n) is 15.0. The second-order valence-corrected chi connectivity index (χ2v) is 6.02. The molecule has 144 valence electrons. The minimum atomic E-state index is -0.675. The molecule has 1 heterocycles. The van der Waals surface area contributed by atoms with Gasteiger partial charge in [0, 0.05) is 17.7 Å². The largest absolute Gasteiger partial charge is 0.493 e. The van der Waals surface area contributed by atoms with Gasteiger partial charge in [-0.15, -0.1) is 0 Å². The van der Waals surface area contributed by atoms with Crippen molar-refractivity contribution in [1.82, 2.24) is 0 Å². The summed E-state index contributed by atoms with van der Waals surface area (Å²) in [4.78, 5) is 26.7. The lowest BCUT2D eigenvalue weighted by molar-refractivity contribution is -0.384. The van der Waals surface area contributed by atoms with Crippen LogP contribution in [-0.4, -0.2) is 30.5 Å². The molecule has 0 atom stereocenters. The van der Waals surface area contributed by atoms with Crippen LogP contribution in [0.25, 0.3) is 6.08 Å². The summed E-state index contributed by atoms with van der Waals surface area (Å²) in [5, 5.41) is 11.2. The fourth-order valence-electron chi connectivity index (χ4n) is 2.55. The van der Waals surface area contributed by atoms with E-state index in [-0.39, 0.29) is 17.3 Å². The molecule has 0 saturated carbocycles. The highest BCUT2D eigenvalue weighted by Gasteiger charge is 2.25. The van der Waals surface area contributed by atoms with Gasteiger partial charge in [0.1, 0.15) is 0 Å². The van der Waals surface area contributed by atoms with Crippen LogP contribution in [0.2, 0.25) is 5.02 Å². The molecular weight excluding hydrogens is 388 g/mol. The van der Waals surface area contributed by atoms with Gasteiger partial charge in [-0.05, 0) is 36.8 Å². The normalized spacial score (nSPS) is 14.6. The fraction of sp³-hybridized carbons (Fsp3) is 0.158. The average molecular weight is 403 g/mol. The van der Waals surface area contributed by atoms with Gasteiger partial charge in [0.25, 0.3) is 5.69 Å². The molecule has 2 aromatic rings. The minimum Gasteiger partial charge on any atom is -0.493 e. The Morgan fingerprint density at radius 1 is 1.32 bits per heavy atom. The van der Waals surface area contributed by atoms with Crippen molar-refractivity contribution in [2.24, 2.45) is 4.99 Å². The van der Waals surface area contributed by atoms with E-state index in [4.69, 9.17) is 25.8 Å². The van der Waals surface area contributed by atoms with E-state index in [2.05, 4.69) is 4.99 Å². The van der Waals surface area contributed by atoms with Crippen molar-refractivity contribution in [2.45, 2.75) is 6.92 Å². The van der Waals surface area contributed by atoms with Gasteiger partial charge in [0.2, 0.25) is 5.90 Å². The van der Waals surface area contributed by atoms with Gasteiger partial charge in [-0.25, -0.2) is 9.79 Å². The van der Waals surface area contributed by atoms with E-state index in [1.807, 2.05) is 6.92 Å². The van der Waals surface area contributed by atoms with Crippen molar-refractivity contribution in [3.8, 4) is 11.5 Å². The van der Waals surface area contributed by atoms with Crippen LogP contribution in [0, 0.1) is 10.1 Å². The highest BCUT2D eigenvalue weighted by Crippen LogP contribution is 2.37. The molecule has 0 unspecified atom stereocenters. The summed E-state index contributed by atoms with van der Waals surface area (Å²) >= 11 is 6.24. The predicted octanol–water partition coefficient (Wildman–Crippen LogP) is 4.00. The minimum absolute atomic E-state index is 0.0102. The number of carbonyl (C=O) groups is 1. The Morgan fingerprint density at radius 2 is 2.11 bits per heavy atom. The summed E-state index contributed by atoms with van der Waals surface area (Å²) in [5.41, 5.74) is 0.787. The monoisotopic (exact) mass is 402 g/mol. The van der Waals surface area contributed by atoms with Gasteiger partial charge in [-0.2, -0.15) is 0 Å². The zero-order chi connectivity index (χ0) is 20.3. The third-order valence-electron chi connectivity index (χ3n) is 3.77. The quantitative estimate of drug-likeness (QED) is 0.313. The number of hydrogen-bond donors (Lipinski definition) is 0. The molecule has 2 aromatic carbocycles. The Morgan fingerprint density at radius 3 is 2.79 bits per heavy atom. The lowest BCUT2D eigenvalue weighted by atomic mass is 10.1. The lowest BCUT2D eigenvalue weighted by Crippen LogP contribution is -2.05. The highest BCUT2D eigenvalue weighted by molar-refractivity contribution is 6.32. The maximum absolute atomic E-state index is 12.2. The van der Waals surface area contributed by atoms with E-state index in [1.54, 1.807) is 18.2 Å². The van der Waals surface area contributed by atoms with Crippen molar-refractivity contribution < 1.29 is 23.9 Å². The van der Waals surface area contributed by atoms with Gasteiger partial charge >= 0.3 is 5.97 Å². The van der Waals surface area contributed by atoms with Crippen molar-refractivity contribution in [2.75, 3.05) is 13.7 Å². The Balaban J connectivity index is 1.97. The molecule has 1 aliphatic heterocycles. The fourth-order valence-corrected chi connectivity index (χ4v) is 2.82. The third-order valence-corrected chi connectivity index (χ3v) is 4.05. The molecule has 0 spiro atoms. The first-order chi connectivity index (χ1) is 13.4. The summed E-state index contributed by atoms with van der Waals surface area (Å²) in [6, 6.07) is 8.94. The zero-order valence-corrected chi connectivity index (χ0v) is 15.7. The summed E-state index contributed by atoms with van der Waals surface area (Å²) in [6.07, 6.45) is 1.48. The van der Waals surface area contributed by atoms with Crippen molar-refractivity contribution in [3.63, 3.8) is 0 Å². The Bertz CT molecular complexity index is 1020. The average Bonchev–Trinajstić information content (AvgIpc) is 3.04. The van der Waals surface area contributed by atoms with E-state index in [0.29, 0.717) is 34.3 Å². The molecule has 3 rings (SSSR count). The van der Waals surface area contributed by atoms with Crippen LogP contribution in [0.15, 0.2) is 47.1 Å². The molecule has 0 saturated heterocycles. The van der Waals surface area contributed by atoms with Crippen LogP contribution in [0.3, 0.4) is 0 Å². The van der Waals surface area contributed by atoms with E-state index in [0.717, 1.165) is 0 Å². The standard InChI is InChI=1S/C19H15ClN2O6/c1-3-27-17-14(20)7-11(9-16(17)26-2)8-15-19(23)28-18(21-15)12-5-4-6-13(10-12)22(24)25/h4-10H,3H2,1-2H3/b15-8-. The number of esters is 1. The van der Waals surface area contributed by atoms with Crippen LogP contribution >= 0.6 is 11.6 Å². The van der Waals surface area contributed by atoms with Gasteiger partial charge < -0.3 is 14.2 Å². The Labute approximate surface area is 165 Å². The second kappa shape index (κ2) is 8.10. The molecule has 0 fully saturated rings. The molecule has 0 aliphatic carbocycles. The summed E-state index contributed by atoms with van der Waals surface area (Å²) in [5.74, 6) is 0.133. The van der Waals surface area contributed by atoms with Crippen LogP contribution in [0.4, 0.5) is 5.69 Å². The first kappa shape index (κ1) is 19.4. The number of non-ortho nitro benzene ring substituents is 1. The van der Waals surface area contributed by atoms with Gasteiger partial charge in [-0.1, -0.05) is 17.7 Å². The second-order valence-electron chi connectivity index (χ2n) is 5.61. The lowest BCUT2D eigenvalue weighted by Gasteiger charge is -2.11. The summed E-state index contributed by atoms with van der Waals surface area (Å²) < 4.78 is 15.9. The molecule has 0 N–H and O–H groups in total. The highest BCUT2D eigenvalue weighted by atomic mass is 35.5. The number of cyclic esters (lactones) is 1. The molecule has 0 amide bonds. The first-order valence-corrected chi connectivity index (χ1v) is 8.58. The Hall–Kier alpha value is -3.39. The number of nitro benzene ring substituents is 1. The van der Waals surface area contributed by atoms with Gasteiger partial charge in [0.05, 0.1) is 23.7 Å². The van der Waals surface area contributed by atoms with E-state index < -0.39 is 10.9 Å².